The van der Waals surface area contributed by atoms with Crippen LogP contribution in [0, 0.1) is 0 Å². The van der Waals surface area contributed by atoms with Gasteiger partial charge in [-0.05, 0) is 54.7 Å². The lowest BCUT2D eigenvalue weighted by atomic mass is 9.96. The first kappa shape index (κ1) is 21.0. The summed E-state index contributed by atoms with van der Waals surface area (Å²) in [4.78, 5) is 26.2. The summed E-state index contributed by atoms with van der Waals surface area (Å²) >= 11 is 0. The Kier molecular flexibility index (Phi) is 5.47. The molecule has 1 aliphatic rings. The number of amides is 1. The molecule has 2 N–H and O–H groups in total. The molecule has 2 aromatic heterocycles. The molecule has 3 aromatic rings. The standard InChI is InChI=1S/C23H23F2N3O3/c24-23(25,10-11-26-15-29)7-5-16-13-17-6-12-28(20(17)27-14-16)19-3-1-18(2-4-19)22(8-9-22)21(30)31/h1-4,6,12-15H,5,7-11H2,(H,26,29)(H,30,31). The van der Waals surface area contributed by atoms with E-state index in [4.69, 9.17) is 0 Å². The summed E-state index contributed by atoms with van der Waals surface area (Å²) in [6, 6.07) is 11.2. The van der Waals surface area contributed by atoms with Gasteiger partial charge in [0.05, 0.1) is 5.41 Å². The van der Waals surface area contributed by atoms with E-state index in [-0.39, 0.29) is 19.4 Å². The molecule has 0 radical (unpaired) electrons. The summed E-state index contributed by atoms with van der Waals surface area (Å²) < 4.78 is 29.7. The van der Waals surface area contributed by atoms with E-state index in [0.717, 1.165) is 22.2 Å². The van der Waals surface area contributed by atoms with Crippen molar-refractivity contribution in [3.8, 4) is 5.69 Å². The zero-order valence-electron chi connectivity index (χ0n) is 16.9. The maximum Gasteiger partial charge on any atom is 0.314 e. The number of nitrogens with zero attached hydrogens (tertiary/aromatic N) is 2. The Balaban J connectivity index is 1.48. The maximum absolute atomic E-state index is 13.9. The number of benzene rings is 1. The minimum atomic E-state index is -2.85. The van der Waals surface area contributed by atoms with Gasteiger partial charge in [-0.15, -0.1) is 0 Å². The number of rotatable bonds is 10. The molecule has 1 fully saturated rings. The zero-order chi connectivity index (χ0) is 22.1. The molecule has 0 unspecified atom stereocenters. The number of hydrogen-bond donors (Lipinski definition) is 2. The monoisotopic (exact) mass is 427 g/mol. The van der Waals surface area contributed by atoms with Gasteiger partial charge in [0.2, 0.25) is 12.3 Å². The van der Waals surface area contributed by atoms with Crippen LogP contribution in [0.25, 0.3) is 16.7 Å². The van der Waals surface area contributed by atoms with Gasteiger partial charge in [0, 0.05) is 42.9 Å². The average Bonchev–Trinajstić information content (AvgIpc) is 3.47. The van der Waals surface area contributed by atoms with Gasteiger partial charge in [0.15, 0.2) is 0 Å². The molecule has 2 heterocycles. The van der Waals surface area contributed by atoms with Crippen molar-refractivity contribution in [2.75, 3.05) is 6.54 Å². The van der Waals surface area contributed by atoms with Crippen LogP contribution in [0.15, 0.2) is 48.8 Å². The molecular weight excluding hydrogens is 404 g/mol. The van der Waals surface area contributed by atoms with Crippen LogP contribution in [0.4, 0.5) is 8.78 Å². The van der Waals surface area contributed by atoms with E-state index < -0.39 is 23.7 Å². The van der Waals surface area contributed by atoms with Gasteiger partial charge >= 0.3 is 5.97 Å². The van der Waals surface area contributed by atoms with Crippen LogP contribution in [0.2, 0.25) is 0 Å². The third kappa shape index (κ3) is 4.28. The van der Waals surface area contributed by atoms with Crippen LogP contribution in [0.1, 0.15) is 36.8 Å². The van der Waals surface area contributed by atoms with Crippen molar-refractivity contribution in [2.24, 2.45) is 0 Å². The van der Waals surface area contributed by atoms with Gasteiger partial charge < -0.3 is 15.0 Å². The highest BCUT2D eigenvalue weighted by atomic mass is 19.3. The van der Waals surface area contributed by atoms with E-state index in [1.54, 1.807) is 6.20 Å². The lowest BCUT2D eigenvalue weighted by Gasteiger charge is -2.15. The van der Waals surface area contributed by atoms with Crippen molar-refractivity contribution in [1.29, 1.82) is 0 Å². The summed E-state index contributed by atoms with van der Waals surface area (Å²) in [5, 5.41) is 12.6. The Morgan fingerprint density at radius 2 is 1.97 bits per heavy atom. The molecule has 162 valence electrons. The largest absolute Gasteiger partial charge is 0.481 e. The zero-order valence-corrected chi connectivity index (χ0v) is 16.9. The van der Waals surface area contributed by atoms with Crippen LogP contribution < -0.4 is 5.32 Å². The first-order chi connectivity index (χ1) is 14.8. The van der Waals surface area contributed by atoms with Crippen molar-refractivity contribution in [3.05, 3.63) is 59.9 Å². The molecule has 4 rings (SSSR count). The quantitative estimate of drug-likeness (QED) is 0.380. The number of fused-ring (bicyclic) bond motifs is 1. The number of alkyl halides is 2. The molecule has 31 heavy (non-hydrogen) atoms. The molecule has 1 aliphatic carbocycles. The average molecular weight is 427 g/mol. The summed E-state index contributed by atoms with van der Waals surface area (Å²) in [6.45, 7) is -0.0526. The molecule has 1 saturated carbocycles. The van der Waals surface area contributed by atoms with E-state index in [0.29, 0.717) is 24.9 Å². The Hall–Kier alpha value is -3.29. The van der Waals surface area contributed by atoms with Gasteiger partial charge in [-0.1, -0.05) is 12.1 Å². The van der Waals surface area contributed by atoms with Crippen molar-refractivity contribution >= 4 is 23.4 Å². The predicted octanol–water partition coefficient (Wildman–Crippen LogP) is 3.85. The predicted molar refractivity (Wildman–Crippen MR) is 112 cm³/mol. The van der Waals surface area contributed by atoms with Gasteiger partial charge in [0.1, 0.15) is 5.65 Å². The van der Waals surface area contributed by atoms with Crippen molar-refractivity contribution in [3.63, 3.8) is 0 Å². The number of carboxylic acid groups (broad SMARTS) is 1. The molecule has 1 amide bonds. The molecule has 6 nitrogen and oxygen atoms in total. The summed E-state index contributed by atoms with van der Waals surface area (Å²) in [6.07, 6.45) is 4.69. The first-order valence-corrected chi connectivity index (χ1v) is 10.2. The topological polar surface area (TPSA) is 84.2 Å². The van der Waals surface area contributed by atoms with Crippen molar-refractivity contribution in [2.45, 2.75) is 43.4 Å². The van der Waals surface area contributed by atoms with Crippen molar-refractivity contribution < 1.29 is 23.5 Å². The number of nitrogens with one attached hydrogen (secondary N) is 1. The van der Waals surface area contributed by atoms with Gasteiger partial charge in [-0.25, -0.2) is 13.8 Å². The van der Waals surface area contributed by atoms with Crippen LogP contribution in [0.3, 0.4) is 0 Å². The smallest absolute Gasteiger partial charge is 0.314 e. The van der Waals surface area contributed by atoms with E-state index in [1.165, 1.54) is 0 Å². The van der Waals surface area contributed by atoms with Crippen LogP contribution in [-0.2, 0) is 21.4 Å². The molecule has 0 saturated heterocycles. The maximum atomic E-state index is 13.9. The Bertz CT molecular complexity index is 1100. The van der Waals surface area contributed by atoms with Crippen LogP contribution in [0.5, 0.6) is 0 Å². The lowest BCUT2D eigenvalue weighted by Crippen LogP contribution is -2.24. The highest BCUT2D eigenvalue weighted by molar-refractivity contribution is 5.85. The second-order valence-electron chi connectivity index (χ2n) is 8.05. The lowest BCUT2D eigenvalue weighted by molar-refractivity contribution is -0.140. The van der Waals surface area contributed by atoms with Crippen LogP contribution in [-0.4, -0.2) is 39.5 Å². The molecular formula is C23H23F2N3O3. The Morgan fingerprint density at radius 3 is 2.61 bits per heavy atom. The second-order valence-corrected chi connectivity index (χ2v) is 8.05. The summed E-state index contributed by atoms with van der Waals surface area (Å²) in [7, 11) is 0. The Morgan fingerprint density at radius 1 is 1.23 bits per heavy atom. The fourth-order valence-corrected chi connectivity index (χ4v) is 3.87. The number of pyridine rings is 1. The number of carboxylic acids is 1. The highest BCUT2D eigenvalue weighted by Gasteiger charge is 2.51. The van der Waals surface area contributed by atoms with E-state index in [9.17, 15) is 23.5 Å². The molecule has 0 aliphatic heterocycles. The Labute approximate surface area is 177 Å². The third-order valence-corrected chi connectivity index (χ3v) is 5.94. The number of aromatic nitrogens is 2. The molecule has 0 atom stereocenters. The number of carbonyl (C=O) groups excluding carboxylic acids is 1. The molecule has 8 heteroatoms. The van der Waals surface area contributed by atoms with E-state index >= 15 is 0 Å². The summed E-state index contributed by atoms with van der Waals surface area (Å²) in [5.74, 6) is -3.64. The number of halogens is 2. The van der Waals surface area contributed by atoms with E-state index in [1.807, 2.05) is 47.2 Å². The molecule has 0 spiro atoms. The second kappa shape index (κ2) is 8.09. The SMILES string of the molecule is O=CNCCC(F)(F)CCc1cnc2c(ccn2-c2ccc(C3(C(=O)O)CC3)cc2)c1. The van der Waals surface area contributed by atoms with Crippen LogP contribution >= 0.6 is 0 Å². The molecule has 1 aromatic carbocycles. The van der Waals surface area contributed by atoms with Gasteiger partial charge in [-0.2, -0.15) is 0 Å². The summed E-state index contributed by atoms with van der Waals surface area (Å²) in [5.41, 5.74) is 2.35. The first-order valence-electron chi connectivity index (χ1n) is 10.2. The number of hydrogen-bond acceptors (Lipinski definition) is 3. The van der Waals surface area contributed by atoms with Crippen molar-refractivity contribution in [1.82, 2.24) is 14.9 Å². The molecule has 0 bridgehead atoms. The highest BCUT2D eigenvalue weighted by Crippen LogP contribution is 2.48. The number of aliphatic carboxylic acids is 1. The normalized spacial score (nSPS) is 15.0. The van der Waals surface area contributed by atoms with E-state index in [2.05, 4.69) is 10.3 Å². The fourth-order valence-electron chi connectivity index (χ4n) is 3.87. The minimum Gasteiger partial charge on any atom is -0.481 e. The fraction of sp³-hybridized carbons (Fsp3) is 0.348. The van der Waals surface area contributed by atoms with Gasteiger partial charge in [0.25, 0.3) is 0 Å². The third-order valence-electron chi connectivity index (χ3n) is 5.94. The van der Waals surface area contributed by atoms with Gasteiger partial charge in [-0.3, -0.25) is 9.59 Å². The number of aryl methyl sites for hydroxylation is 1. The minimum absolute atomic E-state index is 0.0526. The number of carbonyl (C=O) groups is 2.